The fraction of sp³-hybridized carbons (Fsp3) is 0.250. The van der Waals surface area contributed by atoms with Crippen LogP contribution in [0.3, 0.4) is 0 Å². The largest absolute Gasteiger partial charge is 0.313 e. The molecule has 2 aromatic rings. The average Bonchev–Trinajstić information content (AvgIpc) is 2.56. The zero-order valence-corrected chi connectivity index (χ0v) is 14.7. The van der Waals surface area contributed by atoms with Gasteiger partial charge in [-0.3, -0.25) is 0 Å². The van der Waals surface area contributed by atoms with E-state index in [1.807, 2.05) is 24.3 Å². The third-order valence-electron chi connectivity index (χ3n) is 3.78. The Bertz CT molecular complexity index is 754. The Labute approximate surface area is 147 Å². The minimum absolute atomic E-state index is 0. The van der Waals surface area contributed by atoms with Gasteiger partial charge in [0, 0.05) is 24.7 Å². The number of rotatable bonds is 3. The summed E-state index contributed by atoms with van der Waals surface area (Å²) in [5.41, 5.74) is 0.902. The summed E-state index contributed by atoms with van der Waals surface area (Å²) >= 11 is 6.05. The Morgan fingerprint density at radius 1 is 1.09 bits per heavy atom. The predicted molar refractivity (Wildman–Crippen MR) is 94.6 cm³/mol. The van der Waals surface area contributed by atoms with Crippen LogP contribution >= 0.6 is 24.0 Å². The first-order valence-corrected chi connectivity index (χ1v) is 8.94. The summed E-state index contributed by atoms with van der Waals surface area (Å²) in [4.78, 5) is 0.323. The summed E-state index contributed by atoms with van der Waals surface area (Å²) in [6.45, 7) is 1.66. The van der Waals surface area contributed by atoms with Crippen LogP contribution in [0.25, 0.3) is 0 Å². The Balaban J connectivity index is 0.00000192. The summed E-state index contributed by atoms with van der Waals surface area (Å²) in [5.74, 6) is 0. The van der Waals surface area contributed by atoms with Crippen molar-refractivity contribution in [1.82, 2.24) is 9.62 Å². The third kappa shape index (κ3) is 3.87. The first-order valence-electron chi connectivity index (χ1n) is 7.12. The summed E-state index contributed by atoms with van der Waals surface area (Å²) in [5, 5.41) is 3.87. The van der Waals surface area contributed by atoms with Gasteiger partial charge in [0.25, 0.3) is 0 Å². The van der Waals surface area contributed by atoms with Crippen molar-refractivity contribution < 1.29 is 8.42 Å². The highest BCUT2D eigenvalue weighted by atomic mass is 35.5. The van der Waals surface area contributed by atoms with Crippen LogP contribution in [0.2, 0.25) is 5.02 Å². The van der Waals surface area contributed by atoms with Crippen molar-refractivity contribution in [1.29, 1.82) is 0 Å². The second kappa shape index (κ2) is 7.64. The fourth-order valence-corrected chi connectivity index (χ4v) is 4.53. The lowest BCUT2D eigenvalue weighted by molar-refractivity contribution is 0.271. The molecule has 1 N–H and O–H groups in total. The number of sulfonamides is 1. The van der Waals surface area contributed by atoms with Gasteiger partial charge in [-0.25, -0.2) is 8.42 Å². The molecular weight excluding hydrogens is 355 g/mol. The molecule has 4 nitrogen and oxygen atoms in total. The predicted octanol–water partition coefficient (Wildman–Crippen LogP) is 3.10. The molecule has 1 fully saturated rings. The summed E-state index contributed by atoms with van der Waals surface area (Å²) < 4.78 is 27.4. The lowest BCUT2D eigenvalue weighted by Crippen LogP contribution is -2.48. The molecule has 0 bridgehead atoms. The maximum atomic E-state index is 12.9. The monoisotopic (exact) mass is 372 g/mol. The quantitative estimate of drug-likeness (QED) is 0.900. The zero-order valence-electron chi connectivity index (χ0n) is 12.4. The maximum absolute atomic E-state index is 12.9. The van der Waals surface area contributed by atoms with Crippen molar-refractivity contribution in [3.63, 3.8) is 0 Å². The molecule has 124 valence electrons. The Morgan fingerprint density at radius 2 is 1.83 bits per heavy atom. The lowest BCUT2D eigenvalue weighted by atomic mass is 10.1. The van der Waals surface area contributed by atoms with Gasteiger partial charge < -0.3 is 5.32 Å². The van der Waals surface area contributed by atoms with Gasteiger partial charge in [-0.2, -0.15) is 4.31 Å². The molecule has 1 unspecified atom stereocenters. The van der Waals surface area contributed by atoms with E-state index in [0.717, 1.165) is 5.56 Å². The van der Waals surface area contributed by atoms with E-state index in [9.17, 15) is 8.42 Å². The zero-order chi connectivity index (χ0) is 15.6. The van der Waals surface area contributed by atoms with Gasteiger partial charge in [0.05, 0.1) is 10.9 Å². The molecule has 1 aliphatic heterocycles. The normalized spacial score (nSPS) is 19.1. The molecule has 0 saturated carbocycles. The van der Waals surface area contributed by atoms with Crippen molar-refractivity contribution in [2.75, 3.05) is 19.6 Å². The molecule has 1 atom stereocenters. The van der Waals surface area contributed by atoms with Crippen LogP contribution in [-0.4, -0.2) is 32.4 Å². The third-order valence-corrected chi connectivity index (χ3v) is 5.94. The minimum atomic E-state index is -3.52. The number of nitrogens with zero attached hydrogens (tertiary/aromatic N) is 1. The number of halogens is 2. The van der Waals surface area contributed by atoms with Gasteiger partial charge in [0.2, 0.25) is 10.0 Å². The van der Waals surface area contributed by atoms with Gasteiger partial charge >= 0.3 is 0 Å². The van der Waals surface area contributed by atoms with Crippen LogP contribution in [0.5, 0.6) is 0 Å². The van der Waals surface area contributed by atoms with Crippen molar-refractivity contribution in [2.24, 2.45) is 0 Å². The maximum Gasteiger partial charge on any atom is 0.243 e. The molecule has 3 rings (SSSR count). The van der Waals surface area contributed by atoms with Crippen LogP contribution < -0.4 is 5.32 Å². The number of nitrogens with one attached hydrogen (secondary N) is 1. The molecule has 1 saturated heterocycles. The van der Waals surface area contributed by atoms with Crippen molar-refractivity contribution >= 4 is 34.0 Å². The van der Waals surface area contributed by atoms with E-state index in [1.165, 1.54) is 0 Å². The van der Waals surface area contributed by atoms with Crippen LogP contribution in [-0.2, 0) is 10.0 Å². The number of piperazine rings is 1. The fourth-order valence-electron chi connectivity index (χ4n) is 2.70. The molecule has 0 amide bonds. The highest BCUT2D eigenvalue weighted by Gasteiger charge is 2.34. The van der Waals surface area contributed by atoms with Crippen LogP contribution in [0.4, 0.5) is 0 Å². The van der Waals surface area contributed by atoms with Crippen LogP contribution in [0.15, 0.2) is 59.5 Å². The van der Waals surface area contributed by atoms with E-state index in [2.05, 4.69) is 5.32 Å². The molecule has 1 heterocycles. The SMILES string of the molecule is Cl.O=S(=O)(c1ccccc1)N1CCNCC1c1cccc(Cl)c1. The second-order valence-corrected chi connectivity index (χ2v) is 7.53. The molecule has 0 aliphatic carbocycles. The molecule has 1 aliphatic rings. The van der Waals surface area contributed by atoms with Gasteiger partial charge in [0.15, 0.2) is 0 Å². The topological polar surface area (TPSA) is 49.4 Å². The minimum Gasteiger partial charge on any atom is -0.313 e. The number of hydrogen-bond acceptors (Lipinski definition) is 3. The molecule has 0 radical (unpaired) electrons. The summed E-state index contributed by atoms with van der Waals surface area (Å²) in [6.07, 6.45) is 0. The van der Waals surface area contributed by atoms with Crippen molar-refractivity contribution in [3.05, 3.63) is 65.2 Å². The Morgan fingerprint density at radius 3 is 2.52 bits per heavy atom. The van der Waals surface area contributed by atoms with Crippen LogP contribution in [0, 0.1) is 0 Å². The first kappa shape index (κ1) is 18.2. The van der Waals surface area contributed by atoms with E-state index in [4.69, 9.17) is 11.6 Å². The highest BCUT2D eigenvalue weighted by Crippen LogP contribution is 2.29. The average molecular weight is 373 g/mol. The summed E-state index contributed by atoms with van der Waals surface area (Å²) in [6, 6.07) is 15.7. The van der Waals surface area contributed by atoms with Gasteiger partial charge in [-0.15, -0.1) is 12.4 Å². The van der Waals surface area contributed by atoms with Crippen molar-refractivity contribution in [3.8, 4) is 0 Å². The van der Waals surface area contributed by atoms with E-state index < -0.39 is 10.0 Å². The Kier molecular flexibility index (Phi) is 6.06. The molecule has 7 heteroatoms. The van der Waals surface area contributed by atoms with Crippen LogP contribution in [0.1, 0.15) is 11.6 Å². The number of hydrogen-bond donors (Lipinski definition) is 1. The van der Waals surface area contributed by atoms with E-state index in [1.54, 1.807) is 34.6 Å². The smallest absolute Gasteiger partial charge is 0.243 e. The Hall–Kier alpha value is -1.11. The molecule has 0 aromatic heterocycles. The molecular formula is C16H18Cl2N2O2S. The van der Waals surface area contributed by atoms with E-state index in [0.29, 0.717) is 29.6 Å². The first-order chi connectivity index (χ1) is 10.6. The molecule has 0 spiro atoms. The van der Waals surface area contributed by atoms with Gasteiger partial charge in [-0.05, 0) is 29.8 Å². The summed E-state index contributed by atoms with van der Waals surface area (Å²) in [7, 11) is -3.52. The molecule has 23 heavy (non-hydrogen) atoms. The lowest BCUT2D eigenvalue weighted by Gasteiger charge is -2.35. The number of benzene rings is 2. The second-order valence-electron chi connectivity index (χ2n) is 5.20. The van der Waals surface area contributed by atoms with Gasteiger partial charge in [0.1, 0.15) is 0 Å². The molecule has 2 aromatic carbocycles. The van der Waals surface area contributed by atoms with Gasteiger partial charge in [-0.1, -0.05) is 41.9 Å². The van der Waals surface area contributed by atoms with E-state index in [-0.39, 0.29) is 18.4 Å². The van der Waals surface area contributed by atoms with Crippen molar-refractivity contribution in [2.45, 2.75) is 10.9 Å². The standard InChI is InChI=1S/C16H17ClN2O2S.ClH/c17-14-6-4-5-13(11-14)16-12-18-9-10-19(16)22(20,21)15-7-2-1-3-8-15;/h1-8,11,16,18H,9-10,12H2;1H. The van der Waals surface area contributed by atoms with E-state index >= 15 is 0 Å². The highest BCUT2D eigenvalue weighted by molar-refractivity contribution is 7.89.